The smallest absolute Gasteiger partial charge is 0.343 e. The van der Waals surface area contributed by atoms with E-state index in [1.54, 1.807) is 11.1 Å². The van der Waals surface area contributed by atoms with Gasteiger partial charge in [0.25, 0.3) is 28.1 Å². The number of ether oxygens (including phenoxy) is 8. The van der Waals surface area contributed by atoms with Crippen LogP contribution in [0.5, 0.6) is 5.75 Å². The number of hydrogen-bond donors (Lipinski definition) is 17. The Morgan fingerprint density at radius 3 is 1.15 bits per heavy atom. The highest BCUT2D eigenvalue weighted by molar-refractivity contribution is 7.73. The van der Waals surface area contributed by atoms with E-state index in [1.807, 2.05) is 25.2 Å². The summed E-state index contributed by atoms with van der Waals surface area (Å²) in [4.78, 5) is 139. The maximum atomic E-state index is 12.1. The van der Waals surface area contributed by atoms with Crippen molar-refractivity contribution in [2.24, 2.45) is 5.73 Å². The second kappa shape index (κ2) is 45.5. The Kier molecular flexibility index (Phi) is 38.9. The summed E-state index contributed by atoms with van der Waals surface area (Å²) in [5.74, 6) is -2.25. The molecule has 5 fully saturated rings. The summed E-state index contributed by atoms with van der Waals surface area (Å²) in [5.41, 5.74) is 1.98. The molecule has 0 radical (unpaired) electrons. The number of aryl methyl sites for hydroxylation is 1. The first kappa shape index (κ1) is 106. The number of aromatic nitrogens is 8. The normalized spacial score (nSPS) is 27.5. The number of aromatic amines is 4. The summed E-state index contributed by atoms with van der Waals surface area (Å²) in [6.45, 7) is 17.0. The number of nitrogens with zero attached hydrogens (tertiary/aromatic N) is 5. The molecular formula is C77H127N12O29P5S. The zero-order valence-corrected chi connectivity index (χ0v) is 77.8. The SMILES string of the molecule is C=P(C)(C)CC[C@H]1O[C@@H](N2C=C(CC(=O)OC)C(=O)NC2)[C@H](O)[C@@H]1O.C=P(C)(C)CC[C@H]1O[C@@H](n2cc(CC)c(=O)[nH]c2=S)[C@H](O)[C@@H]1O.C=P(C)(C)CC[C@H]1O[C@@H](n2cc(CN)c(=O)[nH]c2=O)[C@H](O)[C@@H]1O.C=P(C)(C)CC[C@H]1O[C@@H](n2cc(CNC(C)=O)c(=O)[nH]c2=O)[C@H](O)[C@@H]1O.C=P(C)(C)CC[C@H]1O[C@@H](n2cc(OCC(=O)OC)c(=O)[nH]c2=O)[C@H](O)[C@@H]1O. The van der Waals surface area contributed by atoms with Gasteiger partial charge >= 0.3 is 29.0 Å². The van der Waals surface area contributed by atoms with Crippen molar-refractivity contribution in [2.45, 2.75) is 195 Å². The van der Waals surface area contributed by atoms with Crippen LogP contribution in [0.1, 0.15) is 94.0 Å². The van der Waals surface area contributed by atoms with E-state index in [4.69, 9.17) is 46.4 Å². The Hall–Kier alpha value is -6.78. The maximum Gasteiger partial charge on any atom is 0.343 e. The molecule has 4 aromatic heterocycles. The van der Waals surface area contributed by atoms with Gasteiger partial charge in [-0.25, -0.2) is 19.2 Å². The Balaban J connectivity index is 0.000000240. The molecule has 0 unspecified atom stereocenters. The predicted molar refractivity (Wildman–Crippen MR) is 483 cm³/mol. The van der Waals surface area contributed by atoms with E-state index in [0.29, 0.717) is 44.1 Å². The molecule has 5 saturated heterocycles. The minimum Gasteiger partial charge on any atom is -0.475 e. The van der Waals surface area contributed by atoms with Crippen LogP contribution in [0.4, 0.5) is 0 Å². The molecule has 0 spiro atoms. The van der Waals surface area contributed by atoms with Crippen molar-refractivity contribution in [2.75, 3.05) is 125 Å². The Morgan fingerprint density at radius 2 is 0.798 bits per heavy atom. The highest BCUT2D eigenvalue weighted by atomic mass is 32.1. The van der Waals surface area contributed by atoms with E-state index < -0.39 is 209 Å². The monoisotopic (exact) mass is 1870 g/mol. The molecule has 18 N–H and O–H groups in total. The van der Waals surface area contributed by atoms with Crippen LogP contribution >= 0.6 is 46.6 Å². The molecule has 0 saturated carbocycles. The Morgan fingerprint density at radius 1 is 0.476 bits per heavy atom. The Bertz CT molecular complexity index is 5050. The van der Waals surface area contributed by atoms with Crippen LogP contribution in [-0.4, -0.2) is 372 Å². The Labute approximate surface area is 722 Å². The molecule has 6 aliphatic heterocycles. The lowest BCUT2D eigenvalue weighted by molar-refractivity contribution is -0.143. The summed E-state index contributed by atoms with van der Waals surface area (Å²) in [5, 5.41) is 108. The third kappa shape index (κ3) is 30.4. The van der Waals surface area contributed by atoms with Gasteiger partial charge in [0.05, 0.1) is 69.6 Å². The van der Waals surface area contributed by atoms with Crippen molar-refractivity contribution in [3.63, 3.8) is 0 Å². The van der Waals surface area contributed by atoms with Crippen molar-refractivity contribution >= 4 is 102 Å². The number of rotatable bonds is 29. The van der Waals surface area contributed by atoms with Crippen LogP contribution in [0.2, 0.25) is 0 Å². The number of aliphatic hydroxyl groups is 10. The zero-order chi connectivity index (χ0) is 93.5. The topological polar surface area (TPSA) is 600 Å². The quantitative estimate of drug-likeness (QED) is 0.0146. The zero-order valence-electron chi connectivity index (χ0n) is 72.5. The number of nitrogens with one attached hydrogen (secondary N) is 6. The number of carbonyl (C=O) groups excluding carboxylic acids is 4. The fraction of sp³-hybridized carbons (Fsp3) is 0.649. The number of esters is 2. The van der Waals surface area contributed by atoms with Crippen LogP contribution in [0, 0.1) is 4.77 Å². The maximum absolute atomic E-state index is 12.1. The van der Waals surface area contributed by atoms with Crippen molar-refractivity contribution in [1.82, 2.24) is 53.7 Å². The number of nitrogens with two attached hydrogens (primary N) is 1. The van der Waals surface area contributed by atoms with Crippen molar-refractivity contribution in [1.29, 1.82) is 0 Å². The largest absolute Gasteiger partial charge is 0.475 e. The first-order chi connectivity index (χ1) is 57.4. The first-order valence-electron chi connectivity index (χ1n) is 39.7. The van der Waals surface area contributed by atoms with Gasteiger partial charge in [-0.2, -0.15) is 0 Å². The molecule has 700 valence electrons. The fourth-order valence-electron chi connectivity index (χ4n) is 13.4. The lowest BCUT2D eigenvalue weighted by Gasteiger charge is -2.33. The number of aliphatic hydroxyl groups excluding tert-OH is 10. The van der Waals surface area contributed by atoms with E-state index in [0.717, 1.165) is 57.8 Å². The molecule has 4 aromatic rings. The van der Waals surface area contributed by atoms with Gasteiger partial charge in [-0.05, 0) is 148 Å². The minimum atomic E-state index is -1.38. The number of carbonyl (C=O) groups is 4. The molecule has 10 rings (SSSR count). The molecular weight excluding hydrogens is 1740 g/mol. The lowest BCUT2D eigenvalue weighted by Crippen LogP contribution is -2.49. The molecule has 0 aliphatic carbocycles. The van der Waals surface area contributed by atoms with E-state index in [1.165, 1.54) is 37.2 Å². The molecule has 0 bridgehead atoms. The highest BCUT2D eigenvalue weighted by Crippen LogP contribution is 2.44. The van der Waals surface area contributed by atoms with Gasteiger partial charge in [0.1, 0.15) is 61.0 Å². The number of methoxy groups -OCH3 is 2. The molecule has 41 nitrogen and oxygen atoms in total. The number of H-pyrrole nitrogens is 4. The van der Waals surface area contributed by atoms with Crippen molar-refractivity contribution in [3.8, 4) is 5.75 Å². The van der Waals surface area contributed by atoms with Gasteiger partial charge < -0.3 is 110 Å². The third-order valence-electron chi connectivity index (χ3n) is 20.6. The van der Waals surface area contributed by atoms with Gasteiger partial charge in [0.15, 0.2) is 42.5 Å². The summed E-state index contributed by atoms with van der Waals surface area (Å²) in [7, 11) is 2.41. The van der Waals surface area contributed by atoms with Crippen molar-refractivity contribution < 1.29 is 108 Å². The van der Waals surface area contributed by atoms with Gasteiger partial charge in [0, 0.05) is 61.5 Å². The molecule has 124 heavy (non-hydrogen) atoms. The molecule has 0 aromatic carbocycles. The van der Waals surface area contributed by atoms with Gasteiger partial charge in [-0.15, -0.1) is 65.9 Å². The minimum absolute atomic E-state index is 0.0510. The predicted octanol–water partition coefficient (Wildman–Crippen LogP) is -3.03. The first-order valence-corrected chi connectivity index (χ1v) is 55.4. The van der Waals surface area contributed by atoms with Gasteiger partial charge in [-0.1, -0.05) is 6.92 Å². The van der Waals surface area contributed by atoms with E-state index in [2.05, 4.69) is 120 Å². The molecule has 20 atom stereocenters. The van der Waals surface area contributed by atoms with Gasteiger partial charge in [0.2, 0.25) is 11.7 Å². The molecule has 47 heteroatoms. The summed E-state index contributed by atoms with van der Waals surface area (Å²) >= 11 is 5.17. The number of amides is 2. The summed E-state index contributed by atoms with van der Waals surface area (Å²) in [6.07, 6.45) is 14.9. The standard InChI is InChI=1S/C16H26N3O6P.C16H25N2O8P.C16H27N2O6P.C15H25N2O4PS.C14H24N3O5P/c1-9(20)17-7-10-8-19(16(24)18-14(10)23)15-13(22)12(21)11(25-15)5-6-26(2,3)4;1-24-11(19)8-25-10-7-18(16(23)17-14(10)22)15-13(21)12(20)9(26-15)5-6-27(2,3)4;1-23-12(19)7-10-8-18(9-17-15(10)22)16-14(21)13(20)11(24-16)5-6-25(2,3)4;1-5-9-8-17(15(23)16-13(9)20)14-12(19)11(18)10(21-14)6-7-22(2,3)4;1-23(2,3)5-4-9-10(18)11(19)13(22-9)17-7-8(6-15)12(20)16-14(17)21/h8,11-13,15,21-22H,2,5-7H2,1,3-4H3,(H,17,20)(H,18,23,24);7,9,12-13,15,20-21H,2,5-6,8H2,1,3-4H3,(H,17,22,23);8,11,13-14,16,20-21H,2,5-7,9H2,1,3-4H3,(H,17,22);8,10-12,14,18-19H,2,5-7H2,1,3-4H3,(H,16,20,23);7,9-11,13,18-19H,1,4-6,15H2,2-3H3,(H,16,20,21)/t11-,12-,13-,15-;9-,12-,13-,15-;11-,13-,14-,16-;10-,11-,12-,14-;9-,10-,11-,13-/m11111/s1. The van der Waals surface area contributed by atoms with E-state index >= 15 is 0 Å². The lowest BCUT2D eigenvalue weighted by atomic mass is 10.1. The second-order valence-corrected chi connectivity index (χ2v) is 56.5. The van der Waals surface area contributed by atoms with Crippen LogP contribution < -0.4 is 60.4 Å². The molecule has 10 heterocycles. The second-order valence-electron chi connectivity index (χ2n) is 34.5. The summed E-state index contributed by atoms with van der Waals surface area (Å²) < 4.78 is 47.5. The van der Waals surface area contributed by atoms with Gasteiger partial charge in [-0.3, -0.25) is 71.8 Å². The highest BCUT2D eigenvalue weighted by Gasteiger charge is 2.49. The third-order valence-corrected chi connectivity index (χ3v) is 28.2. The van der Waals surface area contributed by atoms with E-state index in [9.17, 15) is 104 Å². The fourth-order valence-corrected chi connectivity index (χ4v) is 18.4. The van der Waals surface area contributed by atoms with Crippen LogP contribution in [-0.2, 0) is 71.8 Å². The molecule has 2 amide bonds. The average Bonchev–Trinajstić information content (AvgIpc) is 1.46. The molecule has 6 aliphatic rings. The van der Waals surface area contributed by atoms with Crippen molar-refractivity contribution in [3.05, 3.63) is 131 Å². The average molecular weight is 1870 g/mol. The van der Waals surface area contributed by atoms with Crippen LogP contribution in [0.3, 0.4) is 0 Å². The van der Waals surface area contributed by atoms with E-state index in [-0.39, 0.29) is 70.8 Å². The van der Waals surface area contributed by atoms with Crippen LogP contribution in [0.15, 0.2) is 70.1 Å². The number of hydrogen-bond acceptors (Lipinski definition) is 32. The van der Waals surface area contributed by atoms with Crippen LogP contribution in [0.25, 0.3) is 0 Å². The summed E-state index contributed by atoms with van der Waals surface area (Å²) in [6, 6.07) is 0.